The molecule has 0 spiro atoms. The van der Waals surface area contributed by atoms with Gasteiger partial charge in [0.1, 0.15) is 10.4 Å². The van der Waals surface area contributed by atoms with Crippen LogP contribution in [-0.4, -0.2) is 37.3 Å². The molecule has 16 heavy (non-hydrogen) atoms. The van der Waals surface area contributed by atoms with Crippen LogP contribution in [0.5, 0.6) is 0 Å². The van der Waals surface area contributed by atoms with E-state index in [1.165, 1.54) is 23.8 Å². The van der Waals surface area contributed by atoms with Gasteiger partial charge in [-0.15, -0.1) is 0 Å². The molecule has 2 heterocycles. The standard InChI is InChI=1S/C10H11N2O3S/c1-14-6-8-12(10(13)15-2)7-4-3-5-11-9(7)16-8/h4-5,8H,6H2,1-2H3. The second-order valence-electron chi connectivity index (χ2n) is 3.13. The van der Waals surface area contributed by atoms with Crippen LogP contribution in [0.25, 0.3) is 0 Å². The van der Waals surface area contributed by atoms with Gasteiger partial charge in [-0.25, -0.2) is 9.78 Å². The lowest BCUT2D eigenvalue weighted by Crippen LogP contribution is -2.38. The largest absolute Gasteiger partial charge is 0.452 e. The van der Waals surface area contributed by atoms with E-state index in [0.717, 1.165) is 10.7 Å². The molecule has 2 rings (SSSR count). The maximum atomic E-state index is 11.7. The van der Waals surface area contributed by atoms with Crippen LogP contribution in [0, 0.1) is 6.07 Å². The van der Waals surface area contributed by atoms with Crippen molar-refractivity contribution < 1.29 is 14.3 Å². The van der Waals surface area contributed by atoms with Gasteiger partial charge in [-0.1, -0.05) is 11.8 Å². The maximum absolute atomic E-state index is 11.7. The number of carbonyl (C=O) groups excluding carboxylic acids is 1. The minimum atomic E-state index is -0.408. The van der Waals surface area contributed by atoms with Gasteiger partial charge in [-0.3, -0.25) is 4.90 Å². The van der Waals surface area contributed by atoms with Crippen LogP contribution in [0.4, 0.5) is 10.5 Å². The number of aromatic nitrogens is 1. The van der Waals surface area contributed by atoms with Crippen LogP contribution >= 0.6 is 11.8 Å². The molecule has 0 fully saturated rings. The molecule has 5 nitrogen and oxygen atoms in total. The van der Waals surface area contributed by atoms with E-state index in [4.69, 9.17) is 9.47 Å². The SMILES string of the molecule is COCC1Sc2nc[c]cc2N1C(=O)OC. The molecule has 0 bridgehead atoms. The van der Waals surface area contributed by atoms with Crippen molar-refractivity contribution in [2.45, 2.75) is 10.4 Å². The van der Waals surface area contributed by atoms with Crippen LogP contribution in [0.3, 0.4) is 0 Å². The van der Waals surface area contributed by atoms with Gasteiger partial charge in [0.25, 0.3) is 0 Å². The fraction of sp³-hybridized carbons (Fsp3) is 0.400. The molecule has 1 aliphatic heterocycles. The summed E-state index contributed by atoms with van der Waals surface area (Å²) in [4.78, 5) is 17.4. The van der Waals surface area contributed by atoms with Crippen molar-refractivity contribution in [2.24, 2.45) is 0 Å². The van der Waals surface area contributed by atoms with E-state index in [-0.39, 0.29) is 5.37 Å². The summed E-state index contributed by atoms with van der Waals surface area (Å²) in [6.45, 7) is 0.427. The number of ether oxygens (including phenoxy) is 2. The van der Waals surface area contributed by atoms with E-state index in [1.807, 2.05) is 0 Å². The van der Waals surface area contributed by atoms with Gasteiger partial charge in [-0.05, 0) is 6.07 Å². The molecule has 0 aliphatic carbocycles. The van der Waals surface area contributed by atoms with Crippen molar-refractivity contribution in [3.8, 4) is 0 Å². The highest BCUT2D eigenvalue weighted by atomic mass is 32.2. The highest BCUT2D eigenvalue weighted by Crippen LogP contribution is 2.41. The molecule has 0 N–H and O–H groups in total. The average molecular weight is 239 g/mol. The summed E-state index contributed by atoms with van der Waals surface area (Å²) in [6, 6.07) is 4.57. The number of amides is 1. The smallest absolute Gasteiger partial charge is 0.415 e. The van der Waals surface area contributed by atoms with Crippen molar-refractivity contribution in [3.05, 3.63) is 18.3 Å². The minimum Gasteiger partial charge on any atom is -0.452 e. The fourth-order valence-electron chi connectivity index (χ4n) is 1.51. The summed E-state index contributed by atoms with van der Waals surface area (Å²) in [6.07, 6.45) is 1.17. The number of rotatable bonds is 2. The molecule has 0 aromatic carbocycles. The number of thioether (sulfide) groups is 1. The number of nitrogens with zero attached hydrogens (tertiary/aromatic N) is 2. The van der Waals surface area contributed by atoms with Crippen LogP contribution in [-0.2, 0) is 9.47 Å². The van der Waals surface area contributed by atoms with Crippen LogP contribution in [0.15, 0.2) is 17.3 Å². The van der Waals surface area contributed by atoms with E-state index in [2.05, 4.69) is 11.1 Å². The summed E-state index contributed by atoms with van der Waals surface area (Å²) in [7, 11) is 2.95. The van der Waals surface area contributed by atoms with Gasteiger partial charge in [0.2, 0.25) is 0 Å². The van der Waals surface area contributed by atoms with E-state index < -0.39 is 6.09 Å². The van der Waals surface area contributed by atoms with Gasteiger partial charge in [0.05, 0.1) is 19.4 Å². The van der Waals surface area contributed by atoms with Gasteiger partial charge < -0.3 is 9.47 Å². The molecule has 85 valence electrons. The highest BCUT2D eigenvalue weighted by Gasteiger charge is 2.36. The Morgan fingerprint density at radius 1 is 1.69 bits per heavy atom. The van der Waals surface area contributed by atoms with Crippen molar-refractivity contribution in [1.29, 1.82) is 0 Å². The topological polar surface area (TPSA) is 51.7 Å². The second-order valence-corrected chi connectivity index (χ2v) is 4.29. The normalized spacial score (nSPS) is 18.4. The van der Waals surface area contributed by atoms with E-state index in [0.29, 0.717) is 6.61 Å². The molecule has 1 aromatic heterocycles. The number of methoxy groups -OCH3 is 2. The highest BCUT2D eigenvalue weighted by molar-refractivity contribution is 8.00. The predicted molar refractivity (Wildman–Crippen MR) is 59.5 cm³/mol. The Morgan fingerprint density at radius 2 is 2.50 bits per heavy atom. The summed E-state index contributed by atoms with van der Waals surface area (Å²) >= 11 is 1.48. The molecule has 6 heteroatoms. The first-order valence-electron chi connectivity index (χ1n) is 4.66. The zero-order valence-corrected chi connectivity index (χ0v) is 9.78. The number of pyridine rings is 1. The van der Waals surface area contributed by atoms with Gasteiger partial charge in [-0.2, -0.15) is 0 Å². The fourth-order valence-corrected chi connectivity index (χ4v) is 2.66. The maximum Gasteiger partial charge on any atom is 0.415 e. The Bertz CT molecular complexity index is 399. The Hall–Kier alpha value is -1.27. The predicted octanol–water partition coefficient (Wildman–Crippen LogP) is 1.53. The molecule has 0 saturated carbocycles. The number of carbonyl (C=O) groups is 1. The lowest BCUT2D eigenvalue weighted by atomic mass is 10.4. The third kappa shape index (κ3) is 1.85. The number of fused-ring (bicyclic) bond motifs is 1. The first-order valence-corrected chi connectivity index (χ1v) is 5.54. The molecule has 0 saturated heterocycles. The molecule has 1 aliphatic rings. The second kappa shape index (κ2) is 4.71. The molecule has 1 radical (unpaired) electrons. The van der Waals surface area contributed by atoms with Crippen LogP contribution in [0.2, 0.25) is 0 Å². The number of hydrogen-bond acceptors (Lipinski definition) is 5. The third-order valence-corrected chi connectivity index (χ3v) is 3.33. The lowest BCUT2D eigenvalue weighted by molar-refractivity contribution is 0.167. The molecule has 1 aromatic rings. The molecule has 1 unspecified atom stereocenters. The van der Waals surface area contributed by atoms with Crippen molar-refractivity contribution in [1.82, 2.24) is 4.98 Å². The summed E-state index contributed by atoms with van der Waals surface area (Å²) < 4.78 is 9.82. The Labute approximate surface area is 97.7 Å². The average Bonchev–Trinajstić information content (AvgIpc) is 2.66. The third-order valence-electron chi connectivity index (χ3n) is 2.17. The quantitative estimate of drug-likeness (QED) is 0.783. The van der Waals surface area contributed by atoms with Crippen molar-refractivity contribution in [3.63, 3.8) is 0 Å². The summed E-state index contributed by atoms with van der Waals surface area (Å²) in [5.41, 5.74) is 0.724. The van der Waals surface area contributed by atoms with Crippen LogP contribution in [0.1, 0.15) is 0 Å². The Kier molecular flexibility index (Phi) is 3.31. The van der Waals surface area contributed by atoms with E-state index >= 15 is 0 Å². The number of anilines is 1. The van der Waals surface area contributed by atoms with Gasteiger partial charge >= 0.3 is 6.09 Å². The van der Waals surface area contributed by atoms with E-state index in [1.54, 1.807) is 19.4 Å². The van der Waals surface area contributed by atoms with Crippen LogP contribution < -0.4 is 4.90 Å². The minimum absolute atomic E-state index is 0.129. The van der Waals surface area contributed by atoms with Crippen molar-refractivity contribution >= 4 is 23.5 Å². The van der Waals surface area contributed by atoms with Gasteiger partial charge in [0, 0.05) is 19.4 Å². The van der Waals surface area contributed by atoms with Gasteiger partial charge in [0.15, 0.2) is 0 Å². The first-order chi connectivity index (χ1) is 7.77. The van der Waals surface area contributed by atoms with E-state index in [9.17, 15) is 4.79 Å². The Morgan fingerprint density at radius 3 is 3.19 bits per heavy atom. The molecular weight excluding hydrogens is 228 g/mol. The summed E-state index contributed by atoms with van der Waals surface area (Å²) in [5.74, 6) is 0. The lowest BCUT2D eigenvalue weighted by Gasteiger charge is -2.21. The number of hydrogen-bond donors (Lipinski definition) is 0. The zero-order chi connectivity index (χ0) is 11.5. The molecule has 1 atom stereocenters. The first kappa shape index (κ1) is 11.2. The monoisotopic (exact) mass is 239 g/mol. The Balaban J connectivity index is 2.32. The van der Waals surface area contributed by atoms with Crippen molar-refractivity contribution in [2.75, 3.05) is 25.7 Å². The molecule has 1 amide bonds. The molecular formula is C10H11N2O3S. The zero-order valence-electron chi connectivity index (χ0n) is 8.97. The summed E-state index contributed by atoms with van der Waals surface area (Å²) in [5, 5.41) is 0.668.